The highest BCUT2D eigenvalue weighted by Gasteiger charge is 2.42. The molecular formula is C12H18F2N2O. The number of nitrogens with two attached hydrogens (primary N) is 1. The minimum atomic E-state index is -2.57. The van der Waals surface area contributed by atoms with Gasteiger partial charge in [-0.1, -0.05) is 19.0 Å². The summed E-state index contributed by atoms with van der Waals surface area (Å²) in [7, 11) is 0. The van der Waals surface area contributed by atoms with E-state index in [9.17, 15) is 8.78 Å². The van der Waals surface area contributed by atoms with Crippen LogP contribution < -0.4 is 5.73 Å². The SMILES string of the molecule is CC(C)Cc1c(N)noc1C1CCC(F)(F)C1. The van der Waals surface area contributed by atoms with E-state index in [2.05, 4.69) is 19.0 Å². The van der Waals surface area contributed by atoms with Crippen LogP contribution >= 0.6 is 0 Å². The van der Waals surface area contributed by atoms with Crippen LogP contribution in [0.5, 0.6) is 0 Å². The van der Waals surface area contributed by atoms with Gasteiger partial charge in [-0.25, -0.2) is 8.78 Å². The van der Waals surface area contributed by atoms with E-state index in [1.165, 1.54) is 0 Å². The Morgan fingerprint density at radius 2 is 2.24 bits per heavy atom. The largest absolute Gasteiger partial charge is 0.381 e. The Labute approximate surface area is 99.3 Å². The van der Waals surface area contributed by atoms with E-state index in [-0.39, 0.29) is 18.8 Å². The second-order valence-electron chi connectivity index (χ2n) is 5.30. The van der Waals surface area contributed by atoms with Crippen molar-refractivity contribution in [2.45, 2.75) is 51.4 Å². The smallest absolute Gasteiger partial charge is 0.248 e. The topological polar surface area (TPSA) is 52.0 Å². The molecule has 1 heterocycles. The molecule has 0 radical (unpaired) electrons. The highest BCUT2D eigenvalue weighted by atomic mass is 19.3. The second-order valence-corrected chi connectivity index (χ2v) is 5.30. The third-order valence-corrected chi connectivity index (χ3v) is 3.24. The van der Waals surface area contributed by atoms with Gasteiger partial charge in [0.2, 0.25) is 5.92 Å². The van der Waals surface area contributed by atoms with Gasteiger partial charge in [-0.05, 0) is 18.8 Å². The van der Waals surface area contributed by atoms with Crippen molar-refractivity contribution in [3.8, 4) is 0 Å². The van der Waals surface area contributed by atoms with Crippen LogP contribution in [0.25, 0.3) is 0 Å². The monoisotopic (exact) mass is 244 g/mol. The molecule has 0 aromatic carbocycles. The Balaban J connectivity index is 2.21. The summed E-state index contributed by atoms with van der Waals surface area (Å²) in [5.74, 6) is -1.47. The van der Waals surface area contributed by atoms with Crippen LogP contribution in [0, 0.1) is 5.92 Å². The normalized spacial score (nSPS) is 23.5. The standard InChI is InChI=1S/C12H18F2N2O/c1-7(2)5-9-10(17-16-11(9)15)8-3-4-12(13,14)6-8/h7-8H,3-6H2,1-2H3,(H2,15,16). The van der Waals surface area contributed by atoms with E-state index < -0.39 is 5.92 Å². The van der Waals surface area contributed by atoms with Crippen LogP contribution in [0.3, 0.4) is 0 Å². The first-order valence-corrected chi connectivity index (χ1v) is 6.01. The highest BCUT2D eigenvalue weighted by Crippen LogP contribution is 2.45. The molecule has 1 aromatic heterocycles. The van der Waals surface area contributed by atoms with Crippen LogP contribution in [0.1, 0.15) is 50.4 Å². The van der Waals surface area contributed by atoms with Crippen LogP contribution in [0.15, 0.2) is 4.52 Å². The first kappa shape index (κ1) is 12.3. The third-order valence-electron chi connectivity index (χ3n) is 3.24. The summed E-state index contributed by atoms with van der Waals surface area (Å²) in [5, 5.41) is 3.72. The maximum Gasteiger partial charge on any atom is 0.248 e. The van der Waals surface area contributed by atoms with Crippen molar-refractivity contribution < 1.29 is 13.3 Å². The van der Waals surface area contributed by atoms with Crippen LogP contribution in [-0.2, 0) is 6.42 Å². The molecule has 0 aliphatic heterocycles. The molecule has 1 aromatic rings. The molecular weight excluding hydrogens is 226 g/mol. The zero-order valence-corrected chi connectivity index (χ0v) is 10.2. The Morgan fingerprint density at radius 3 is 2.76 bits per heavy atom. The molecule has 1 atom stereocenters. The Kier molecular flexibility index (Phi) is 3.10. The van der Waals surface area contributed by atoms with Gasteiger partial charge in [0.15, 0.2) is 5.82 Å². The number of aromatic nitrogens is 1. The average molecular weight is 244 g/mol. The van der Waals surface area contributed by atoms with Gasteiger partial charge < -0.3 is 10.3 Å². The van der Waals surface area contributed by atoms with Crippen molar-refractivity contribution in [2.24, 2.45) is 5.92 Å². The van der Waals surface area contributed by atoms with Gasteiger partial charge in [-0.15, -0.1) is 0 Å². The van der Waals surface area contributed by atoms with Crippen molar-refractivity contribution in [3.63, 3.8) is 0 Å². The molecule has 1 saturated carbocycles. The first-order valence-electron chi connectivity index (χ1n) is 6.01. The molecule has 1 unspecified atom stereocenters. The summed E-state index contributed by atoms with van der Waals surface area (Å²) >= 11 is 0. The predicted molar refractivity (Wildman–Crippen MR) is 61.0 cm³/mol. The minimum absolute atomic E-state index is 0.0700. The fraction of sp³-hybridized carbons (Fsp3) is 0.750. The molecule has 2 rings (SSSR count). The van der Waals surface area contributed by atoms with E-state index in [0.29, 0.717) is 23.9 Å². The highest BCUT2D eigenvalue weighted by molar-refractivity contribution is 5.42. The molecule has 0 spiro atoms. The molecule has 0 bridgehead atoms. The zero-order chi connectivity index (χ0) is 12.6. The van der Waals surface area contributed by atoms with Gasteiger partial charge >= 0.3 is 0 Å². The molecule has 1 fully saturated rings. The number of halogens is 2. The maximum absolute atomic E-state index is 13.2. The van der Waals surface area contributed by atoms with E-state index in [4.69, 9.17) is 10.3 Å². The fourth-order valence-corrected chi connectivity index (χ4v) is 2.44. The van der Waals surface area contributed by atoms with Gasteiger partial charge in [0.25, 0.3) is 0 Å². The Hall–Kier alpha value is -1.13. The molecule has 2 N–H and O–H groups in total. The Bertz CT molecular complexity index is 401. The maximum atomic E-state index is 13.2. The number of hydrogen-bond acceptors (Lipinski definition) is 3. The lowest BCUT2D eigenvalue weighted by molar-refractivity contribution is 0.00703. The predicted octanol–water partition coefficient (Wildman–Crippen LogP) is 3.36. The summed E-state index contributed by atoms with van der Waals surface area (Å²) in [5.41, 5.74) is 6.55. The number of nitrogens with zero attached hydrogens (tertiary/aromatic N) is 1. The summed E-state index contributed by atoms with van der Waals surface area (Å²) < 4.78 is 31.5. The first-order chi connectivity index (χ1) is 7.89. The molecule has 0 amide bonds. The molecule has 1 aliphatic rings. The number of hydrogen-bond donors (Lipinski definition) is 1. The van der Waals surface area contributed by atoms with Crippen molar-refractivity contribution in [3.05, 3.63) is 11.3 Å². The lowest BCUT2D eigenvalue weighted by Crippen LogP contribution is -2.09. The zero-order valence-electron chi connectivity index (χ0n) is 10.2. The van der Waals surface area contributed by atoms with Crippen molar-refractivity contribution in [2.75, 3.05) is 5.73 Å². The van der Waals surface area contributed by atoms with Gasteiger partial charge in [-0.2, -0.15) is 0 Å². The number of alkyl halides is 2. The minimum Gasteiger partial charge on any atom is -0.381 e. The van der Waals surface area contributed by atoms with Crippen LogP contribution in [0.2, 0.25) is 0 Å². The van der Waals surface area contributed by atoms with E-state index in [1.54, 1.807) is 0 Å². The lowest BCUT2D eigenvalue weighted by atomic mass is 9.95. The molecule has 1 aliphatic carbocycles. The number of rotatable bonds is 3. The molecule has 96 valence electrons. The van der Waals surface area contributed by atoms with Crippen molar-refractivity contribution >= 4 is 5.82 Å². The number of nitrogen functional groups attached to an aromatic ring is 1. The molecule has 3 nitrogen and oxygen atoms in total. The van der Waals surface area contributed by atoms with Crippen molar-refractivity contribution in [1.82, 2.24) is 5.16 Å². The van der Waals surface area contributed by atoms with E-state index >= 15 is 0 Å². The van der Waals surface area contributed by atoms with E-state index in [0.717, 1.165) is 12.0 Å². The summed E-state index contributed by atoms with van der Waals surface area (Å²) in [4.78, 5) is 0. The van der Waals surface area contributed by atoms with Crippen molar-refractivity contribution in [1.29, 1.82) is 0 Å². The third kappa shape index (κ3) is 2.58. The average Bonchev–Trinajstić information content (AvgIpc) is 2.71. The molecule has 0 saturated heterocycles. The van der Waals surface area contributed by atoms with Gasteiger partial charge in [0.05, 0.1) is 0 Å². The number of anilines is 1. The fourth-order valence-electron chi connectivity index (χ4n) is 2.44. The quantitative estimate of drug-likeness (QED) is 0.887. The van der Waals surface area contributed by atoms with Gasteiger partial charge in [0.1, 0.15) is 5.76 Å². The van der Waals surface area contributed by atoms with Gasteiger partial charge in [-0.3, -0.25) is 0 Å². The Morgan fingerprint density at radius 1 is 1.53 bits per heavy atom. The summed E-state index contributed by atoms with van der Waals surface area (Å²) in [6, 6.07) is 0. The second kappa shape index (κ2) is 4.27. The lowest BCUT2D eigenvalue weighted by Gasteiger charge is -2.10. The van der Waals surface area contributed by atoms with Crippen LogP contribution in [-0.4, -0.2) is 11.1 Å². The summed E-state index contributed by atoms with van der Waals surface area (Å²) in [6.07, 6.45) is 0.964. The van der Waals surface area contributed by atoms with Gasteiger partial charge in [0, 0.05) is 24.3 Å². The molecule has 17 heavy (non-hydrogen) atoms. The van der Waals surface area contributed by atoms with E-state index in [1.807, 2.05) is 0 Å². The van der Waals surface area contributed by atoms with Crippen LogP contribution in [0.4, 0.5) is 14.6 Å². The summed E-state index contributed by atoms with van der Waals surface area (Å²) in [6.45, 7) is 4.11. The molecule has 5 heteroatoms.